The number of anilines is 2. The molecule has 0 unspecified atom stereocenters. The maximum Gasteiger partial charge on any atom is 0.262 e. The van der Waals surface area contributed by atoms with Gasteiger partial charge in [0.05, 0.1) is 11.4 Å². The molecular weight excluding hydrogens is 264 g/mol. The molecule has 2 aromatic carbocycles. The van der Waals surface area contributed by atoms with Gasteiger partial charge in [-0.15, -0.1) is 0 Å². The van der Waals surface area contributed by atoms with Crippen molar-refractivity contribution in [2.24, 2.45) is 0 Å². The van der Waals surface area contributed by atoms with Crippen LogP contribution in [0.5, 0.6) is 5.75 Å². The zero-order chi connectivity index (χ0) is 15.4. The highest BCUT2D eigenvalue weighted by Gasteiger charge is 2.07. The molecule has 3 N–H and O–H groups in total. The van der Waals surface area contributed by atoms with Gasteiger partial charge in [0.1, 0.15) is 5.75 Å². The molecule has 0 radical (unpaired) electrons. The molecule has 0 aliphatic heterocycles. The number of hydrogen-bond donors (Lipinski definition) is 2. The van der Waals surface area contributed by atoms with E-state index in [0.717, 1.165) is 16.7 Å². The lowest BCUT2D eigenvalue weighted by atomic mass is 10.1. The fourth-order valence-electron chi connectivity index (χ4n) is 2.09. The van der Waals surface area contributed by atoms with Crippen molar-refractivity contribution >= 4 is 17.3 Å². The van der Waals surface area contributed by atoms with Gasteiger partial charge in [0.15, 0.2) is 6.61 Å². The maximum atomic E-state index is 11.9. The van der Waals surface area contributed by atoms with E-state index in [2.05, 4.69) is 5.32 Å². The average Bonchev–Trinajstić information content (AvgIpc) is 2.41. The van der Waals surface area contributed by atoms with Crippen molar-refractivity contribution in [3.63, 3.8) is 0 Å². The molecule has 4 nitrogen and oxygen atoms in total. The van der Waals surface area contributed by atoms with Gasteiger partial charge in [-0.3, -0.25) is 4.79 Å². The summed E-state index contributed by atoms with van der Waals surface area (Å²) in [7, 11) is 0. The van der Waals surface area contributed by atoms with Crippen LogP contribution in [-0.4, -0.2) is 12.5 Å². The van der Waals surface area contributed by atoms with E-state index in [-0.39, 0.29) is 12.5 Å². The first kappa shape index (κ1) is 14.9. The Kier molecular flexibility index (Phi) is 4.48. The molecule has 21 heavy (non-hydrogen) atoms. The molecule has 1 amide bonds. The Labute approximate surface area is 124 Å². The van der Waals surface area contributed by atoms with Crippen LogP contribution >= 0.6 is 0 Å². The van der Waals surface area contributed by atoms with Gasteiger partial charge < -0.3 is 15.8 Å². The highest BCUT2D eigenvalue weighted by atomic mass is 16.5. The van der Waals surface area contributed by atoms with Gasteiger partial charge in [0, 0.05) is 0 Å². The summed E-state index contributed by atoms with van der Waals surface area (Å²) in [5, 5.41) is 2.75. The van der Waals surface area contributed by atoms with Crippen molar-refractivity contribution in [3.8, 4) is 5.75 Å². The van der Waals surface area contributed by atoms with Crippen molar-refractivity contribution in [3.05, 3.63) is 53.1 Å². The Bertz CT molecular complexity index is 666. The van der Waals surface area contributed by atoms with E-state index in [1.807, 2.05) is 51.1 Å². The Balaban J connectivity index is 1.96. The highest BCUT2D eigenvalue weighted by molar-refractivity contribution is 5.94. The molecular formula is C17H20N2O2. The van der Waals surface area contributed by atoms with Crippen LogP contribution in [0.25, 0.3) is 0 Å². The Morgan fingerprint density at radius 2 is 1.76 bits per heavy atom. The molecule has 0 aromatic heterocycles. The second kappa shape index (κ2) is 6.31. The Morgan fingerprint density at radius 3 is 2.43 bits per heavy atom. The number of aryl methyl sites for hydroxylation is 3. The predicted octanol–water partition coefficient (Wildman–Crippen LogP) is 3.21. The number of nitrogens with two attached hydrogens (primary N) is 1. The second-order valence-electron chi connectivity index (χ2n) is 5.20. The van der Waals surface area contributed by atoms with Crippen molar-refractivity contribution in [1.82, 2.24) is 0 Å². The highest BCUT2D eigenvalue weighted by Crippen LogP contribution is 2.20. The number of benzene rings is 2. The summed E-state index contributed by atoms with van der Waals surface area (Å²) < 4.78 is 5.54. The van der Waals surface area contributed by atoms with Crippen molar-refractivity contribution < 1.29 is 9.53 Å². The molecule has 0 fully saturated rings. The molecule has 4 heteroatoms. The number of ether oxygens (including phenoxy) is 1. The standard InChI is InChI=1S/C17H20N2O2/c1-11-5-7-16(13(3)8-11)21-10-17(20)19-15-6-4-12(2)9-14(15)18/h4-9H,10,18H2,1-3H3,(H,19,20). The number of rotatable bonds is 4. The van der Waals surface area contributed by atoms with E-state index < -0.39 is 0 Å². The van der Waals surface area contributed by atoms with Gasteiger partial charge in [-0.1, -0.05) is 23.8 Å². The first-order valence-corrected chi connectivity index (χ1v) is 6.82. The van der Waals surface area contributed by atoms with Gasteiger partial charge in [0.2, 0.25) is 0 Å². The normalized spacial score (nSPS) is 10.2. The minimum atomic E-state index is -0.231. The molecule has 0 saturated heterocycles. The SMILES string of the molecule is Cc1ccc(OCC(=O)Nc2ccc(C)cc2N)c(C)c1. The molecule has 2 aromatic rings. The molecule has 0 aliphatic rings. The summed E-state index contributed by atoms with van der Waals surface area (Å²) in [6, 6.07) is 11.4. The summed E-state index contributed by atoms with van der Waals surface area (Å²) in [6.45, 7) is 5.88. The molecule has 2 rings (SSSR count). The van der Waals surface area contributed by atoms with Crippen LogP contribution in [-0.2, 0) is 4.79 Å². The largest absolute Gasteiger partial charge is 0.483 e. The van der Waals surface area contributed by atoms with Crippen LogP contribution in [0.3, 0.4) is 0 Å². The van der Waals surface area contributed by atoms with E-state index >= 15 is 0 Å². The third-order valence-electron chi connectivity index (χ3n) is 3.17. The summed E-state index contributed by atoms with van der Waals surface area (Å²) >= 11 is 0. The molecule has 0 atom stereocenters. The number of amides is 1. The fourth-order valence-corrected chi connectivity index (χ4v) is 2.09. The van der Waals surface area contributed by atoms with Crippen LogP contribution in [0.4, 0.5) is 11.4 Å². The minimum Gasteiger partial charge on any atom is -0.483 e. The molecule has 0 heterocycles. The second-order valence-corrected chi connectivity index (χ2v) is 5.20. The van der Waals surface area contributed by atoms with E-state index in [4.69, 9.17) is 10.5 Å². The molecule has 0 bridgehead atoms. The quantitative estimate of drug-likeness (QED) is 0.847. The molecule has 0 spiro atoms. The number of nitrogen functional groups attached to an aromatic ring is 1. The number of carbonyl (C=O) groups excluding carboxylic acids is 1. The van der Waals surface area contributed by atoms with Crippen molar-refractivity contribution in [2.45, 2.75) is 20.8 Å². The van der Waals surface area contributed by atoms with Gasteiger partial charge in [0.25, 0.3) is 5.91 Å². The summed E-state index contributed by atoms with van der Waals surface area (Å²) in [4.78, 5) is 11.9. The summed E-state index contributed by atoms with van der Waals surface area (Å²) in [5.41, 5.74) is 10.2. The van der Waals surface area contributed by atoms with E-state index in [9.17, 15) is 4.79 Å². The minimum absolute atomic E-state index is 0.0444. The van der Waals surface area contributed by atoms with Crippen LogP contribution < -0.4 is 15.8 Å². The van der Waals surface area contributed by atoms with Gasteiger partial charge >= 0.3 is 0 Å². The molecule has 0 saturated carbocycles. The lowest BCUT2D eigenvalue weighted by Crippen LogP contribution is -2.21. The van der Waals surface area contributed by atoms with Crippen LogP contribution in [0.1, 0.15) is 16.7 Å². The smallest absolute Gasteiger partial charge is 0.262 e. The first-order chi connectivity index (χ1) is 9.95. The Morgan fingerprint density at radius 1 is 1.10 bits per heavy atom. The summed E-state index contributed by atoms with van der Waals surface area (Å²) in [6.07, 6.45) is 0. The van der Waals surface area contributed by atoms with Gasteiger partial charge in [-0.25, -0.2) is 0 Å². The zero-order valence-electron chi connectivity index (χ0n) is 12.6. The van der Waals surface area contributed by atoms with E-state index in [1.165, 1.54) is 0 Å². The first-order valence-electron chi connectivity index (χ1n) is 6.82. The lowest BCUT2D eigenvalue weighted by molar-refractivity contribution is -0.118. The van der Waals surface area contributed by atoms with E-state index in [1.54, 1.807) is 6.07 Å². The maximum absolute atomic E-state index is 11.9. The number of nitrogens with one attached hydrogen (secondary N) is 1. The monoisotopic (exact) mass is 284 g/mol. The topological polar surface area (TPSA) is 64.3 Å². The average molecular weight is 284 g/mol. The van der Waals surface area contributed by atoms with Crippen LogP contribution in [0.15, 0.2) is 36.4 Å². The number of carbonyl (C=O) groups is 1. The van der Waals surface area contributed by atoms with Gasteiger partial charge in [-0.05, 0) is 50.1 Å². The third kappa shape index (κ3) is 3.99. The van der Waals surface area contributed by atoms with Crippen molar-refractivity contribution in [2.75, 3.05) is 17.7 Å². The van der Waals surface area contributed by atoms with Crippen LogP contribution in [0.2, 0.25) is 0 Å². The molecule has 110 valence electrons. The zero-order valence-corrected chi connectivity index (χ0v) is 12.6. The lowest BCUT2D eigenvalue weighted by Gasteiger charge is -2.11. The Hall–Kier alpha value is -2.49. The number of hydrogen-bond acceptors (Lipinski definition) is 3. The van der Waals surface area contributed by atoms with Crippen molar-refractivity contribution in [1.29, 1.82) is 0 Å². The van der Waals surface area contributed by atoms with Crippen LogP contribution in [0, 0.1) is 20.8 Å². The van der Waals surface area contributed by atoms with Gasteiger partial charge in [-0.2, -0.15) is 0 Å². The third-order valence-corrected chi connectivity index (χ3v) is 3.17. The van der Waals surface area contributed by atoms with E-state index in [0.29, 0.717) is 17.1 Å². The predicted molar refractivity (Wildman–Crippen MR) is 85.6 cm³/mol. The fraction of sp³-hybridized carbons (Fsp3) is 0.235. The molecule has 0 aliphatic carbocycles. The summed E-state index contributed by atoms with van der Waals surface area (Å²) in [5.74, 6) is 0.484.